The van der Waals surface area contributed by atoms with E-state index in [0.717, 1.165) is 0 Å². The van der Waals surface area contributed by atoms with Gasteiger partial charge in [-0.15, -0.1) is 11.3 Å². The third kappa shape index (κ3) is 4.51. The number of aryl methyl sites for hydroxylation is 1. The molecule has 0 N–H and O–H groups in total. The van der Waals surface area contributed by atoms with Crippen LogP contribution in [-0.2, 0) is 5.41 Å². The number of thiazole rings is 1. The summed E-state index contributed by atoms with van der Waals surface area (Å²) in [6.45, 7) is 15.3. The molecule has 0 saturated heterocycles. The lowest BCUT2D eigenvalue weighted by Gasteiger charge is -2.25. The van der Waals surface area contributed by atoms with Crippen LogP contribution in [-0.4, -0.2) is 11.2 Å². The third-order valence-electron chi connectivity index (χ3n) is 3.74. The molecule has 1 unspecified atom stereocenters. The Hall–Kier alpha value is -1.48. The largest absolute Gasteiger partial charge is 0.284 e. The lowest BCUT2D eigenvalue weighted by atomic mass is 9.83. The molecule has 0 bridgehead atoms. The van der Waals surface area contributed by atoms with E-state index in [1.165, 1.54) is 21.0 Å². The van der Waals surface area contributed by atoms with E-state index in [4.69, 9.17) is 0 Å². The Kier molecular flexibility index (Phi) is 5.10. The van der Waals surface area contributed by atoms with E-state index in [1.54, 1.807) is 11.3 Å². The quantitative estimate of drug-likeness (QED) is 0.586. The Morgan fingerprint density at radius 2 is 1.65 bits per heavy atom. The highest BCUT2D eigenvalue weighted by atomic mass is 32.1. The fraction of sp³-hybridized carbons (Fsp3) is 0.500. The standard InChI is InChI=1S/C12H15N.C8H13NS/c1-12(2,3)11-10-7-5-4-6-9(10)8-13-11;1-6-5-9-7(10-6)8(2,3)4/h4-8,11H,1-3H3;5H,1-4H3. The van der Waals surface area contributed by atoms with E-state index in [-0.39, 0.29) is 10.8 Å². The van der Waals surface area contributed by atoms with Gasteiger partial charge in [-0.3, -0.25) is 4.99 Å². The van der Waals surface area contributed by atoms with Crippen molar-refractivity contribution in [1.82, 2.24) is 4.98 Å². The summed E-state index contributed by atoms with van der Waals surface area (Å²) in [6, 6.07) is 8.80. The topological polar surface area (TPSA) is 25.2 Å². The number of aromatic nitrogens is 1. The molecule has 1 aliphatic heterocycles. The van der Waals surface area contributed by atoms with E-state index >= 15 is 0 Å². The second-order valence-corrected chi connectivity index (χ2v) is 9.44. The van der Waals surface area contributed by atoms with Crippen LogP contribution in [0.3, 0.4) is 0 Å². The van der Waals surface area contributed by atoms with Crippen molar-refractivity contribution in [2.45, 2.75) is 59.9 Å². The molecule has 2 nitrogen and oxygen atoms in total. The molecule has 1 aliphatic rings. The molecule has 3 heteroatoms. The Morgan fingerprint density at radius 3 is 2.13 bits per heavy atom. The molecule has 0 spiro atoms. The molecule has 0 radical (unpaired) electrons. The lowest BCUT2D eigenvalue weighted by molar-refractivity contribution is 0.333. The first-order valence-corrected chi connectivity index (χ1v) is 8.95. The van der Waals surface area contributed by atoms with Gasteiger partial charge in [0.2, 0.25) is 0 Å². The maximum absolute atomic E-state index is 4.55. The van der Waals surface area contributed by atoms with Gasteiger partial charge in [-0.2, -0.15) is 0 Å². The summed E-state index contributed by atoms with van der Waals surface area (Å²) < 4.78 is 0. The minimum atomic E-state index is 0.221. The van der Waals surface area contributed by atoms with Gasteiger partial charge in [0.15, 0.2) is 0 Å². The summed E-state index contributed by atoms with van der Waals surface area (Å²) >= 11 is 1.78. The Bertz CT molecular complexity index is 684. The SMILES string of the molecule is CC(C)(C)C1N=Cc2ccccc21.Cc1cnc(C(C)(C)C)s1. The van der Waals surface area contributed by atoms with E-state index < -0.39 is 0 Å². The average Bonchev–Trinajstić information content (AvgIpc) is 3.03. The van der Waals surface area contributed by atoms with Gasteiger partial charge in [-0.25, -0.2) is 4.98 Å². The number of nitrogens with zero attached hydrogens (tertiary/aromatic N) is 2. The highest BCUT2D eigenvalue weighted by Gasteiger charge is 2.29. The van der Waals surface area contributed by atoms with E-state index in [9.17, 15) is 0 Å². The Labute approximate surface area is 144 Å². The molecule has 3 rings (SSSR count). The summed E-state index contributed by atoms with van der Waals surface area (Å²) in [5.41, 5.74) is 3.10. The predicted molar refractivity (Wildman–Crippen MR) is 102 cm³/mol. The summed E-state index contributed by atoms with van der Waals surface area (Å²) in [5, 5.41) is 1.23. The van der Waals surface area contributed by atoms with Crippen LogP contribution in [0.5, 0.6) is 0 Å². The molecule has 0 amide bonds. The number of aliphatic imine (C=N–C) groups is 1. The van der Waals surface area contributed by atoms with Crippen LogP contribution < -0.4 is 0 Å². The van der Waals surface area contributed by atoms with Crippen molar-refractivity contribution >= 4 is 17.6 Å². The molecule has 0 fully saturated rings. The third-order valence-corrected chi connectivity index (χ3v) is 5.07. The first-order chi connectivity index (χ1) is 10.6. The molecule has 2 aromatic rings. The fourth-order valence-electron chi connectivity index (χ4n) is 2.50. The number of hydrogen-bond donors (Lipinski definition) is 0. The maximum atomic E-state index is 4.55. The number of benzene rings is 1. The molecular formula is C20H28N2S. The van der Waals surface area contributed by atoms with Gasteiger partial charge in [0.05, 0.1) is 11.0 Å². The molecule has 1 atom stereocenters. The summed E-state index contributed by atoms with van der Waals surface area (Å²) in [7, 11) is 0. The van der Waals surface area contributed by atoms with Gasteiger partial charge in [0.1, 0.15) is 0 Å². The Balaban J connectivity index is 0.000000174. The van der Waals surface area contributed by atoms with Gasteiger partial charge >= 0.3 is 0 Å². The van der Waals surface area contributed by atoms with Gasteiger partial charge < -0.3 is 0 Å². The van der Waals surface area contributed by atoms with Crippen LogP contribution >= 0.6 is 11.3 Å². The number of hydrogen-bond acceptors (Lipinski definition) is 3. The zero-order valence-corrected chi connectivity index (χ0v) is 16.2. The fourth-order valence-corrected chi connectivity index (χ4v) is 3.33. The van der Waals surface area contributed by atoms with Crippen molar-refractivity contribution in [2.75, 3.05) is 0 Å². The van der Waals surface area contributed by atoms with Crippen LogP contribution in [0.15, 0.2) is 35.5 Å². The minimum Gasteiger partial charge on any atom is -0.284 e. The van der Waals surface area contributed by atoms with Crippen LogP contribution in [0, 0.1) is 12.3 Å². The molecule has 1 aromatic carbocycles. The second-order valence-electron chi connectivity index (χ2n) is 8.20. The van der Waals surface area contributed by atoms with Gasteiger partial charge in [-0.1, -0.05) is 65.8 Å². The van der Waals surface area contributed by atoms with Crippen LogP contribution in [0.2, 0.25) is 0 Å². The summed E-state index contributed by atoms with van der Waals surface area (Å²) in [4.78, 5) is 10.2. The normalized spacial score (nSPS) is 16.7. The predicted octanol–water partition coefficient (Wildman–Crippen LogP) is 5.96. The molecule has 124 valence electrons. The molecule has 2 heterocycles. The van der Waals surface area contributed by atoms with E-state index in [1.807, 2.05) is 12.4 Å². The number of rotatable bonds is 0. The van der Waals surface area contributed by atoms with Gasteiger partial charge in [0, 0.05) is 22.7 Å². The number of fused-ring (bicyclic) bond motifs is 1. The highest BCUT2D eigenvalue weighted by Crippen LogP contribution is 2.40. The second kappa shape index (κ2) is 6.56. The summed E-state index contributed by atoms with van der Waals surface area (Å²) in [6.07, 6.45) is 3.93. The van der Waals surface area contributed by atoms with Crippen molar-refractivity contribution in [3.8, 4) is 0 Å². The maximum Gasteiger partial charge on any atom is 0.0981 e. The van der Waals surface area contributed by atoms with Crippen molar-refractivity contribution in [3.05, 3.63) is 51.5 Å². The zero-order chi connectivity index (χ0) is 17.3. The first-order valence-electron chi connectivity index (χ1n) is 8.14. The molecular weight excluding hydrogens is 300 g/mol. The summed E-state index contributed by atoms with van der Waals surface area (Å²) in [5.74, 6) is 0. The van der Waals surface area contributed by atoms with Crippen molar-refractivity contribution < 1.29 is 0 Å². The Morgan fingerprint density at radius 1 is 1.00 bits per heavy atom. The molecule has 0 aliphatic carbocycles. The minimum absolute atomic E-state index is 0.221. The van der Waals surface area contributed by atoms with Gasteiger partial charge in [0.25, 0.3) is 0 Å². The van der Waals surface area contributed by atoms with Gasteiger partial charge in [-0.05, 0) is 23.5 Å². The highest BCUT2D eigenvalue weighted by molar-refractivity contribution is 7.11. The molecule has 23 heavy (non-hydrogen) atoms. The van der Waals surface area contributed by atoms with Crippen molar-refractivity contribution in [2.24, 2.45) is 10.4 Å². The zero-order valence-electron chi connectivity index (χ0n) is 15.3. The smallest absolute Gasteiger partial charge is 0.0981 e. The van der Waals surface area contributed by atoms with E-state index in [0.29, 0.717) is 6.04 Å². The first kappa shape index (κ1) is 17.9. The lowest BCUT2D eigenvalue weighted by Crippen LogP contribution is -2.14. The van der Waals surface area contributed by atoms with Crippen LogP contribution in [0.1, 0.15) is 68.6 Å². The van der Waals surface area contributed by atoms with Crippen molar-refractivity contribution in [1.29, 1.82) is 0 Å². The monoisotopic (exact) mass is 328 g/mol. The molecule has 1 aromatic heterocycles. The molecule has 0 saturated carbocycles. The van der Waals surface area contributed by atoms with E-state index in [2.05, 4.69) is 82.7 Å². The van der Waals surface area contributed by atoms with Crippen LogP contribution in [0.4, 0.5) is 0 Å². The van der Waals surface area contributed by atoms with Crippen LogP contribution in [0.25, 0.3) is 0 Å². The van der Waals surface area contributed by atoms with Crippen molar-refractivity contribution in [3.63, 3.8) is 0 Å². The average molecular weight is 329 g/mol.